The highest BCUT2D eigenvalue weighted by atomic mass is 33.1. The van der Waals surface area contributed by atoms with E-state index in [1.807, 2.05) is 0 Å². The minimum atomic E-state index is -1.06. The molecule has 0 unspecified atom stereocenters. The van der Waals surface area contributed by atoms with Crippen LogP contribution >= 0.6 is 64.8 Å². The van der Waals surface area contributed by atoms with Gasteiger partial charge in [0.15, 0.2) is 0 Å². The maximum Gasteiger partial charge on any atom is 0.306 e. The Hall–Kier alpha value is -0.880. The van der Waals surface area contributed by atoms with Gasteiger partial charge in [-0.1, -0.05) is 168 Å². The quantitative estimate of drug-likeness (QED) is 0.0292. The first kappa shape index (κ1) is 67.4. The largest absolute Gasteiger partial charge is 0.481 e. The summed E-state index contributed by atoms with van der Waals surface area (Å²) in [6.07, 6.45) is 37.2. The van der Waals surface area contributed by atoms with Crippen LogP contribution in [0.3, 0.4) is 0 Å². The standard InChI is InChI=1S/C41H72N2O9.3C2H6S2/c1-32(40(49)50)20-18-19-29-42-38(46)28-27-35(41(51)52)30-36(44)34-25-23-33(24-26-34)31-43-37(45)21-16-14-12-10-8-6-4-2-3-5-7-9-11-13-15-17-22-39(47)48;3*1-3-4-2/h32-35H,2-31H2,1H3,(H,42,46)(H,43,45)(H,47,48)(H,49,50)(H,51,52);3*1-2H3/t32-,33?,34?,35+;;;/m0.../s1. The third-order valence-corrected chi connectivity index (χ3v) is 15.3. The third kappa shape index (κ3) is 49.0. The highest BCUT2D eigenvalue weighted by Gasteiger charge is 2.30. The van der Waals surface area contributed by atoms with Crippen molar-refractivity contribution in [3.63, 3.8) is 0 Å². The van der Waals surface area contributed by atoms with Gasteiger partial charge < -0.3 is 26.0 Å². The number of unbranched alkanes of at least 4 members (excludes halogenated alkanes) is 16. The van der Waals surface area contributed by atoms with E-state index in [4.69, 9.17) is 10.2 Å². The topological polar surface area (TPSA) is 187 Å². The number of amides is 2. The molecular weight excluding hydrogens is 929 g/mol. The Labute approximate surface area is 413 Å². The lowest BCUT2D eigenvalue weighted by Gasteiger charge is -2.28. The zero-order valence-electron chi connectivity index (χ0n) is 40.8. The first-order chi connectivity index (χ1) is 30.7. The van der Waals surface area contributed by atoms with Crippen LogP contribution in [-0.4, -0.2) is 101 Å². The molecule has 0 saturated heterocycles. The number of hydrogen-bond acceptors (Lipinski definition) is 12. The van der Waals surface area contributed by atoms with Crippen molar-refractivity contribution in [1.29, 1.82) is 0 Å². The molecule has 1 rings (SSSR count). The van der Waals surface area contributed by atoms with E-state index in [0.29, 0.717) is 64.0 Å². The van der Waals surface area contributed by atoms with Gasteiger partial charge in [-0.05, 0) is 101 Å². The summed E-state index contributed by atoms with van der Waals surface area (Å²) in [6.45, 7) is 2.69. The molecule has 11 nitrogen and oxygen atoms in total. The number of rotatable bonds is 37. The van der Waals surface area contributed by atoms with Crippen LogP contribution in [0, 0.1) is 23.7 Å². The summed E-state index contributed by atoms with van der Waals surface area (Å²) in [7, 11) is 10.6. The molecule has 0 aromatic carbocycles. The van der Waals surface area contributed by atoms with Crippen molar-refractivity contribution in [2.75, 3.05) is 50.6 Å². The first-order valence-corrected chi connectivity index (χ1v) is 32.6. The third-order valence-electron chi connectivity index (χ3n) is 11.3. The number of nitrogens with one attached hydrogen (secondary N) is 2. The minimum absolute atomic E-state index is 0.0339. The van der Waals surface area contributed by atoms with Gasteiger partial charge in [0, 0.05) is 44.7 Å². The lowest BCUT2D eigenvalue weighted by atomic mass is 9.78. The molecule has 2 atom stereocenters. The van der Waals surface area contributed by atoms with Gasteiger partial charge in [-0.2, -0.15) is 0 Å². The van der Waals surface area contributed by atoms with Crippen molar-refractivity contribution < 1.29 is 44.1 Å². The fourth-order valence-corrected chi connectivity index (χ4v) is 7.11. The SMILES string of the molecule is CSSC.CSSC.CSSC.C[C@@H](CCCCNC(=O)CC[C@H](CC(=O)C1CCC(CNC(=O)CCCCCCCCCCCCCCCCCCC(=O)O)CC1)C(=O)O)C(=O)O. The zero-order chi connectivity index (χ0) is 48.6. The zero-order valence-corrected chi connectivity index (χ0v) is 45.7. The monoisotopic (exact) mass is 1020 g/mol. The average molecular weight is 1020 g/mol. The van der Waals surface area contributed by atoms with Gasteiger partial charge in [0.25, 0.3) is 0 Å². The number of carboxylic acids is 3. The Bertz CT molecular complexity index is 1130. The van der Waals surface area contributed by atoms with Gasteiger partial charge in [0.2, 0.25) is 11.8 Å². The van der Waals surface area contributed by atoms with Crippen molar-refractivity contribution in [3.05, 3.63) is 0 Å². The Morgan fingerprint density at radius 1 is 0.484 bits per heavy atom. The molecule has 0 spiro atoms. The van der Waals surface area contributed by atoms with E-state index >= 15 is 0 Å². The summed E-state index contributed by atoms with van der Waals surface area (Å²) in [5.74, 6) is -3.93. The van der Waals surface area contributed by atoms with Crippen molar-refractivity contribution >= 4 is 100 Å². The molecule has 0 aliphatic heterocycles. The second-order valence-electron chi connectivity index (χ2n) is 16.4. The van der Waals surface area contributed by atoms with E-state index in [1.54, 1.807) is 71.7 Å². The van der Waals surface area contributed by atoms with Crippen LogP contribution in [0.1, 0.15) is 187 Å². The van der Waals surface area contributed by atoms with Crippen LogP contribution in [0.2, 0.25) is 0 Å². The fraction of sp³-hybridized carbons (Fsp3) is 0.872. The number of Topliss-reactive ketones (excluding diaryl/α,β-unsaturated/α-hetero) is 1. The van der Waals surface area contributed by atoms with Gasteiger partial charge >= 0.3 is 17.9 Å². The molecule has 0 heterocycles. The molecule has 1 saturated carbocycles. The molecule has 0 aromatic heterocycles. The van der Waals surface area contributed by atoms with Crippen molar-refractivity contribution in [3.8, 4) is 0 Å². The second kappa shape index (κ2) is 51.5. The lowest BCUT2D eigenvalue weighted by molar-refractivity contribution is -0.145. The highest BCUT2D eigenvalue weighted by Crippen LogP contribution is 2.31. The molecular formula is C47H90N2O9S6. The average Bonchev–Trinajstić information content (AvgIpc) is 3.29. The van der Waals surface area contributed by atoms with Crippen LogP contribution in [0.5, 0.6) is 0 Å². The summed E-state index contributed by atoms with van der Waals surface area (Å²) in [4.78, 5) is 70.7. The Kier molecular flexibility index (Phi) is 54.2. The van der Waals surface area contributed by atoms with Crippen molar-refractivity contribution in [2.45, 2.75) is 187 Å². The van der Waals surface area contributed by atoms with E-state index in [0.717, 1.165) is 44.9 Å². The van der Waals surface area contributed by atoms with Gasteiger partial charge in [0.05, 0.1) is 11.8 Å². The molecule has 5 N–H and O–H groups in total. The van der Waals surface area contributed by atoms with Gasteiger partial charge in [-0.3, -0.25) is 28.8 Å². The highest BCUT2D eigenvalue weighted by molar-refractivity contribution is 8.76. The molecule has 0 bridgehead atoms. The summed E-state index contributed by atoms with van der Waals surface area (Å²) in [5, 5.41) is 33.1. The predicted molar refractivity (Wildman–Crippen MR) is 284 cm³/mol. The second-order valence-corrected chi connectivity index (χ2v) is 24.4. The Morgan fingerprint density at radius 3 is 1.28 bits per heavy atom. The van der Waals surface area contributed by atoms with E-state index in [-0.39, 0.29) is 42.8 Å². The van der Waals surface area contributed by atoms with Crippen molar-refractivity contribution in [2.24, 2.45) is 23.7 Å². The molecule has 64 heavy (non-hydrogen) atoms. The summed E-state index contributed by atoms with van der Waals surface area (Å²) < 4.78 is 0. The number of carboxylic acid groups (broad SMARTS) is 3. The number of hydrogen-bond donors (Lipinski definition) is 5. The normalized spacial score (nSPS) is 15.1. The fourth-order valence-electron chi connectivity index (χ4n) is 7.11. The lowest BCUT2D eigenvalue weighted by Crippen LogP contribution is -2.33. The number of carbonyl (C=O) groups is 6. The molecule has 0 aromatic rings. The Balaban J connectivity index is -0.00000273. The molecule has 1 fully saturated rings. The smallest absolute Gasteiger partial charge is 0.306 e. The van der Waals surface area contributed by atoms with Crippen LogP contribution in [-0.2, 0) is 28.8 Å². The van der Waals surface area contributed by atoms with Gasteiger partial charge in [0.1, 0.15) is 5.78 Å². The van der Waals surface area contributed by atoms with E-state index in [2.05, 4.69) is 48.2 Å². The van der Waals surface area contributed by atoms with E-state index in [1.165, 1.54) is 70.6 Å². The van der Waals surface area contributed by atoms with E-state index < -0.39 is 29.7 Å². The first-order valence-electron chi connectivity index (χ1n) is 23.7. The molecule has 1 aliphatic rings. The molecule has 0 radical (unpaired) electrons. The van der Waals surface area contributed by atoms with Crippen LogP contribution in [0.25, 0.3) is 0 Å². The molecule has 378 valence electrons. The van der Waals surface area contributed by atoms with Crippen molar-refractivity contribution in [1.82, 2.24) is 10.6 Å². The minimum Gasteiger partial charge on any atom is -0.481 e. The molecule has 2 amide bonds. The number of ketones is 1. The summed E-state index contributed by atoms with van der Waals surface area (Å²) in [5.41, 5.74) is 0. The summed E-state index contributed by atoms with van der Waals surface area (Å²) >= 11 is 0. The summed E-state index contributed by atoms with van der Waals surface area (Å²) in [6, 6.07) is 0. The number of aliphatic carboxylic acids is 3. The van der Waals surface area contributed by atoms with Crippen LogP contribution in [0.4, 0.5) is 0 Å². The molecule has 17 heteroatoms. The maximum atomic E-state index is 12.9. The number of carbonyl (C=O) groups excluding carboxylic acids is 3. The Morgan fingerprint density at radius 2 is 0.891 bits per heavy atom. The predicted octanol–water partition coefficient (Wildman–Crippen LogP) is 13.3. The van der Waals surface area contributed by atoms with Gasteiger partial charge in [-0.15, -0.1) is 0 Å². The molecule has 1 aliphatic carbocycles. The maximum absolute atomic E-state index is 12.9. The van der Waals surface area contributed by atoms with Crippen LogP contribution < -0.4 is 10.6 Å². The van der Waals surface area contributed by atoms with Gasteiger partial charge in [-0.25, -0.2) is 0 Å². The van der Waals surface area contributed by atoms with E-state index in [9.17, 15) is 33.9 Å². The van der Waals surface area contributed by atoms with Crippen LogP contribution in [0.15, 0.2) is 0 Å².